The molecule has 0 bridgehead atoms. The maximum Gasteiger partial charge on any atom is 0.410 e. The minimum atomic E-state index is -0.250. The van der Waals surface area contributed by atoms with E-state index in [4.69, 9.17) is 4.74 Å². The summed E-state index contributed by atoms with van der Waals surface area (Å²) in [5, 5.41) is 0. The highest BCUT2D eigenvalue weighted by Crippen LogP contribution is 2.21. The van der Waals surface area contributed by atoms with Gasteiger partial charge in [-0.3, -0.25) is 0 Å². The van der Waals surface area contributed by atoms with Crippen LogP contribution < -0.4 is 0 Å². The van der Waals surface area contributed by atoms with Crippen LogP contribution in [0.5, 0.6) is 0 Å². The Morgan fingerprint density at radius 2 is 2.18 bits per heavy atom. The van der Waals surface area contributed by atoms with Gasteiger partial charge in [0.15, 0.2) is 0 Å². The molecule has 0 spiro atoms. The van der Waals surface area contributed by atoms with Crippen LogP contribution >= 0.6 is 0 Å². The Morgan fingerprint density at radius 1 is 1.47 bits per heavy atom. The van der Waals surface area contributed by atoms with Gasteiger partial charge in [-0.2, -0.15) is 0 Å². The van der Waals surface area contributed by atoms with Gasteiger partial charge in [-0.1, -0.05) is 42.5 Å². The standard InChI is InChI=1S/C14H17NO2/c1-11-8-12(2)15(9-11)14(16)17-10-13-6-4-3-5-7-13/h3-7,12H,1,8-10H2,2H3/t12-/m0/s1. The van der Waals surface area contributed by atoms with Gasteiger partial charge in [0, 0.05) is 12.6 Å². The van der Waals surface area contributed by atoms with Crippen LogP contribution in [0.3, 0.4) is 0 Å². The van der Waals surface area contributed by atoms with Gasteiger partial charge < -0.3 is 9.64 Å². The van der Waals surface area contributed by atoms with E-state index in [0.29, 0.717) is 13.2 Å². The summed E-state index contributed by atoms with van der Waals surface area (Å²) < 4.78 is 5.28. The summed E-state index contributed by atoms with van der Waals surface area (Å²) in [6.45, 7) is 6.87. The summed E-state index contributed by atoms with van der Waals surface area (Å²) in [5.74, 6) is 0. The summed E-state index contributed by atoms with van der Waals surface area (Å²) in [6, 6.07) is 9.90. The van der Waals surface area contributed by atoms with Crippen molar-refractivity contribution in [1.82, 2.24) is 4.90 Å². The molecule has 1 heterocycles. The fourth-order valence-corrected chi connectivity index (χ4v) is 2.04. The predicted octanol–water partition coefficient (Wildman–Crippen LogP) is 2.97. The van der Waals surface area contributed by atoms with Gasteiger partial charge in [0.2, 0.25) is 0 Å². The van der Waals surface area contributed by atoms with Crippen molar-refractivity contribution < 1.29 is 9.53 Å². The van der Waals surface area contributed by atoms with Crippen molar-refractivity contribution in [3.8, 4) is 0 Å². The number of rotatable bonds is 2. The first-order valence-electron chi connectivity index (χ1n) is 5.81. The molecule has 2 rings (SSSR count). The molecule has 0 N–H and O–H groups in total. The van der Waals surface area contributed by atoms with Crippen LogP contribution in [0, 0.1) is 0 Å². The average molecular weight is 231 g/mol. The van der Waals surface area contributed by atoms with Gasteiger partial charge in [-0.25, -0.2) is 4.79 Å². The van der Waals surface area contributed by atoms with Crippen molar-refractivity contribution in [3.63, 3.8) is 0 Å². The third-order valence-corrected chi connectivity index (χ3v) is 2.95. The lowest BCUT2D eigenvalue weighted by molar-refractivity contribution is 0.0950. The molecule has 0 radical (unpaired) electrons. The predicted molar refractivity (Wildman–Crippen MR) is 66.6 cm³/mol. The second-order valence-corrected chi connectivity index (χ2v) is 4.47. The Balaban J connectivity index is 1.88. The Labute approximate surface area is 102 Å². The van der Waals surface area contributed by atoms with E-state index in [2.05, 4.69) is 6.58 Å². The van der Waals surface area contributed by atoms with Crippen molar-refractivity contribution in [3.05, 3.63) is 48.0 Å². The minimum absolute atomic E-state index is 0.200. The zero-order valence-electron chi connectivity index (χ0n) is 10.1. The summed E-state index contributed by atoms with van der Waals surface area (Å²) in [5.41, 5.74) is 2.10. The van der Waals surface area contributed by atoms with Crippen molar-refractivity contribution in [2.45, 2.75) is 26.0 Å². The Hall–Kier alpha value is -1.77. The monoisotopic (exact) mass is 231 g/mol. The van der Waals surface area contributed by atoms with E-state index < -0.39 is 0 Å². The van der Waals surface area contributed by atoms with E-state index in [1.165, 1.54) is 0 Å². The van der Waals surface area contributed by atoms with Crippen LogP contribution in [0.15, 0.2) is 42.5 Å². The molecule has 3 nitrogen and oxygen atoms in total. The number of benzene rings is 1. The highest BCUT2D eigenvalue weighted by molar-refractivity contribution is 5.69. The first-order chi connectivity index (χ1) is 8.16. The third kappa shape index (κ3) is 2.87. The van der Waals surface area contributed by atoms with Crippen LogP contribution in [-0.2, 0) is 11.3 Å². The third-order valence-electron chi connectivity index (χ3n) is 2.95. The lowest BCUT2D eigenvalue weighted by Gasteiger charge is -2.20. The molecule has 1 aliphatic rings. The number of carbonyl (C=O) groups is 1. The van der Waals surface area contributed by atoms with Crippen LogP contribution in [0.25, 0.3) is 0 Å². The van der Waals surface area contributed by atoms with Crippen LogP contribution in [0.2, 0.25) is 0 Å². The molecular formula is C14H17NO2. The maximum absolute atomic E-state index is 11.8. The van der Waals surface area contributed by atoms with E-state index >= 15 is 0 Å². The van der Waals surface area contributed by atoms with Crippen molar-refractivity contribution in [1.29, 1.82) is 0 Å². The molecule has 1 amide bonds. The second kappa shape index (κ2) is 5.04. The van der Waals surface area contributed by atoms with E-state index in [1.54, 1.807) is 4.90 Å². The number of ether oxygens (including phenoxy) is 1. The fourth-order valence-electron chi connectivity index (χ4n) is 2.04. The van der Waals surface area contributed by atoms with E-state index in [0.717, 1.165) is 17.6 Å². The largest absolute Gasteiger partial charge is 0.445 e. The molecule has 0 aromatic heterocycles. The molecule has 1 saturated heterocycles. The first-order valence-corrected chi connectivity index (χ1v) is 5.81. The number of likely N-dealkylation sites (tertiary alicyclic amines) is 1. The molecule has 3 heteroatoms. The quantitative estimate of drug-likeness (QED) is 0.732. The molecule has 0 aliphatic carbocycles. The first kappa shape index (κ1) is 11.7. The topological polar surface area (TPSA) is 29.5 Å². The van der Waals surface area contributed by atoms with E-state index in [1.807, 2.05) is 37.3 Å². The number of amides is 1. The molecule has 0 unspecified atom stereocenters. The van der Waals surface area contributed by atoms with Crippen LogP contribution in [0.1, 0.15) is 18.9 Å². The van der Waals surface area contributed by atoms with Gasteiger partial charge in [0.05, 0.1) is 0 Å². The Kier molecular flexibility index (Phi) is 3.47. The zero-order chi connectivity index (χ0) is 12.3. The number of hydrogen-bond acceptors (Lipinski definition) is 2. The van der Waals surface area contributed by atoms with E-state index in [-0.39, 0.29) is 12.1 Å². The highest BCUT2D eigenvalue weighted by Gasteiger charge is 2.28. The minimum Gasteiger partial charge on any atom is -0.445 e. The van der Waals surface area contributed by atoms with Crippen molar-refractivity contribution in [2.24, 2.45) is 0 Å². The summed E-state index contributed by atoms with van der Waals surface area (Å²) in [6.07, 6.45) is 0.625. The summed E-state index contributed by atoms with van der Waals surface area (Å²) in [7, 11) is 0. The molecule has 90 valence electrons. The second-order valence-electron chi connectivity index (χ2n) is 4.47. The van der Waals surface area contributed by atoms with Crippen molar-refractivity contribution >= 4 is 6.09 Å². The Morgan fingerprint density at radius 3 is 2.76 bits per heavy atom. The SMILES string of the molecule is C=C1C[C@H](C)N(C(=O)OCc2ccccc2)C1. The van der Waals surface area contributed by atoms with Gasteiger partial charge in [0.1, 0.15) is 6.61 Å². The number of nitrogens with zero attached hydrogens (tertiary/aromatic N) is 1. The van der Waals surface area contributed by atoms with Crippen LogP contribution in [0.4, 0.5) is 4.79 Å². The average Bonchev–Trinajstić information content (AvgIpc) is 2.67. The van der Waals surface area contributed by atoms with Crippen molar-refractivity contribution in [2.75, 3.05) is 6.54 Å². The smallest absolute Gasteiger partial charge is 0.410 e. The van der Waals surface area contributed by atoms with Gasteiger partial charge in [-0.05, 0) is 18.9 Å². The fraction of sp³-hybridized carbons (Fsp3) is 0.357. The normalized spacial score (nSPS) is 19.5. The molecule has 1 aliphatic heterocycles. The van der Waals surface area contributed by atoms with Crippen LogP contribution in [-0.4, -0.2) is 23.6 Å². The lowest BCUT2D eigenvalue weighted by atomic mass is 10.2. The van der Waals surface area contributed by atoms with Gasteiger partial charge in [0.25, 0.3) is 0 Å². The van der Waals surface area contributed by atoms with E-state index in [9.17, 15) is 4.79 Å². The molecular weight excluding hydrogens is 214 g/mol. The molecule has 1 aromatic carbocycles. The number of carbonyl (C=O) groups excluding carboxylic acids is 1. The molecule has 17 heavy (non-hydrogen) atoms. The summed E-state index contributed by atoms with van der Waals surface area (Å²) >= 11 is 0. The van der Waals surface area contributed by atoms with Gasteiger partial charge >= 0.3 is 6.09 Å². The highest BCUT2D eigenvalue weighted by atomic mass is 16.6. The molecule has 1 aromatic rings. The molecule has 1 atom stereocenters. The molecule has 1 fully saturated rings. The lowest BCUT2D eigenvalue weighted by Crippen LogP contribution is -2.34. The zero-order valence-corrected chi connectivity index (χ0v) is 10.1. The van der Waals surface area contributed by atoms with Gasteiger partial charge in [-0.15, -0.1) is 0 Å². The maximum atomic E-state index is 11.8. The molecule has 0 saturated carbocycles. The summed E-state index contributed by atoms with van der Waals surface area (Å²) in [4.78, 5) is 13.6. The Bertz CT molecular complexity index is 413. The number of hydrogen-bond donors (Lipinski definition) is 0.